The Balaban J connectivity index is 1.97. The van der Waals surface area contributed by atoms with E-state index in [0.29, 0.717) is 5.69 Å². The minimum atomic E-state index is -2.91. The summed E-state index contributed by atoms with van der Waals surface area (Å²) in [4.78, 5) is 12.0. The number of benzene rings is 2. The van der Waals surface area contributed by atoms with Gasteiger partial charge in [0.25, 0.3) is 0 Å². The van der Waals surface area contributed by atoms with E-state index < -0.39 is 6.61 Å². The van der Waals surface area contributed by atoms with Gasteiger partial charge >= 0.3 is 6.61 Å². The van der Waals surface area contributed by atoms with E-state index in [4.69, 9.17) is 0 Å². The molecule has 0 heterocycles. The smallest absolute Gasteiger partial charge is 0.387 e. The van der Waals surface area contributed by atoms with Crippen LogP contribution in [-0.4, -0.2) is 19.1 Å². The second kappa shape index (κ2) is 8.12. The van der Waals surface area contributed by atoms with Gasteiger partial charge in [0.2, 0.25) is 5.91 Å². The second-order valence-corrected chi connectivity index (χ2v) is 4.79. The Labute approximate surface area is 133 Å². The molecule has 2 aromatic rings. The lowest BCUT2D eigenvalue weighted by atomic mass is 10.1. The molecule has 4 nitrogen and oxygen atoms in total. The summed E-state index contributed by atoms with van der Waals surface area (Å²) >= 11 is 0. The summed E-state index contributed by atoms with van der Waals surface area (Å²) in [6.45, 7) is -0.966. The Hall–Kier alpha value is -2.63. The topological polar surface area (TPSA) is 50.4 Å². The first-order valence-electron chi connectivity index (χ1n) is 7.25. The van der Waals surface area contributed by atoms with Gasteiger partial charge in [-0.1, -0.05) is 37.3 Å². The molecule has 2 N–H and O–H groups in total. The number of para-hydroxylation sites is 3. The number of anilines is 2. The highest BCUT2D eigenvalue weighted by Crippen LogP contribution is 2.25. The van der Waals surface area contributed by atoms with E-state index in [1.165, 1.54) is 6.07 Å². The Morgan fingerprint density at radius 2 is 1.74 bits per heavy atom. The number of aryl methyl sites for hydroxylation is 1. The Bertz CT molecular complexity index is 663. The SMILES string of the molecule is CCc1ccccc1NC(=O)CNc1ccccc1OC(F)F. The van der Waals surface area contributed by atoms with E-state index in [9.17, 15) is 13.6 Å². The van der Waals surface area contributed by atoms with Gasteiger partial charge in [0.1, 0.15) is 5.75 Å². The third-order valence-electron chi connectivity index (χ3n) is 3.21. The highest BCUT2D eigenvalue weighted by molar-refractivity contribution is 5.94. The van der Waals surface area contributed by atoms with Crippen LogP contribution in [0.1, 0.15) is 12.5 Å². The summed E-state index contributed by atoms with van der Waals surface area (Å²) in [6.07, 6.45) is 0.801. The van der Waals surface area contributed by atoms with Gasteiger partial charge in [-0.3, -0.25) is 4.79 Å². The van der Waals surface area contributed by atoms with E-state index in [2.05, 4.69) is 15.4 Å². The molecule has 122 valence electrons. The van der Waals surface area contributed by atoms with Crippen LogP contribution in [0.3, 0.4) is 0 Å². The third kappa shape index (κ3) is 4.95. The van der Waals surface area contributed by atoms with Crippen molar-refractivity contribution in [1.29, 1.82) is 0 Å². The van der Waals surface area contributed by atoms with Crippen molar-refractivity contribution >= 4 is 17.3 Å². The van der Waals surface area contributed by atoms with Crippen molar-refractivity contribution in [2.45, 2.75) is 20.0 Å². The van der Waals surface area contributed by atoms with Gasteiger partial charge in [0, 0.05) is 5.69 Å². The van der Waals surface area contributed by atoms with E-state index in [-0.39, 0.29) is 18.2 Å². The number of carbonyl (C=O) groups is 1. The summed E-state index contributed by atoms with van der Waals surface area (Å²) in [6, 6.07) is 13.8. The molecule has 0 fully saturated rings. The average molecular weight is 320 g/mol. The van der Waals surface area contributed by atoms with Crippen LogP contribution in [0.2, 0.25) is 0 Å². The van der Waals surface area contributed by atoms with E-state index in [1.807, 2.05) is 31.2 Å². The fourth-order valence-electron chi connectivity index (χ4n) is 2.13. The normalized spacial score (nSPS) is 10.4. The molecule has 1 amide bonds. The van der Waals surface area contributed by atoms with Crippen LogP contribution < -0.4 is 15.4 Å². The molecule has 6 heteroatoms. The summed E-state index contributed by atoms with van der Waals surface area (Å²) in [5.41, 5.74) is 2.12. The number of carbonyl (C=O) groups excluding carboxylic acids is 1. The maximum atomic E-state index is 12.3. The number of rotatable bonds is 7. The first-order valence-corrected chi connectivity index (χ1v) is 7.25. The van der Waals surface area contributed by atoms with Gasteiger partial charge in [0.05, 0.1) is 12.2 Å². The Morgan fingerprint density at radius 3 is 2.43 bits per heavy atom. The molecule has 0 bridgehead atoms. The molecule has 0 saturated carbocycles. The lowest BCUT2D eigenvalue weighted by molar-refractivity contribution is -0.114. The van der Waals surface area contributed by atoms with Crippen LogP contribution in [0.25, 0.3) is 0 Å². The minimum Gasteiger partial charge on any atom is -0.433 e. The first-order chi connectivity index (χ1) is 11.1. The molecule has 0 aliphatic carbocycles. The van der Waals surface area contributed by atoms with Gasteiger partial charge in [0.15, 0.2) is 0 Å². The number of hydrogen-bond acceptors (Lipinski definition) is 3. The molecule has 0 spiro atoms. The van der Waals surface area contributed by atoms with Crippen molar-refractivity contribution in [2.75, 3.05) is 17.2 Å². The van der Waals surface area contributed by atoms with Gasteiger partial charge in [-0.15, -0.1) is 0 Å². The maximum absolute atomic E-state index is 12.3. The van der Waals surface area contributed by atoms with Crippen molar-refractivity contribution in [3.05, 3.63) is 54.1 Å². The summed E-state index contributed by atoms with van der Waals surface area (Å²) in [5, 5.41) is 5.61. The molecule has 0 aliphatic rings. The van der Waals surface area contributed by atoms with Gasteiger partial charge < -0.3 is 15.4 Å². The van der Waals surface area contributed by atoms with Crippen LogP contribution >= 0.6 is 0 Å². The lowest BCUT2D eigenvalue weighted by Crippen LogP contribution is -2.22. The monoisotopic (exact) mass is 320 g/mol. The van der Waals surface area contributed by atoms with Crippen molar-refractivity contribution in [3.8, 4) is 5.75 Å². The minimum absolute atomic E-state index is 0.00394. The number of amides is 1. The molecule has 23 heavy (non-hydrogen) atoms. The van der Waals surface area contributed by atoms with Crippen molar-refractivity contribution in [2.24, 2.45) is 0 Å². The van der Waals surface area contributed by atoms with Crippen molar-refractivity contribution < 1.29 is 18.3 Å². The molecule has 0 radical (unpaired) electrons. The second-order valence-electron chi connectivity index (χ2n) is 4.79. The quantitative estimate of drug-likeness (QED) is 0.813. The highest BCUT2D eigenvalue weighted by atomic mass is 19.3. The predicted molar refractivity (Wildman–Crippen MR) is 86.0 cm³/mol. The fourth-order valence-corrected chi connectivity index (χ4v) is 2.13. The van der Waals surface area contributed by atoms with E-state index >= 15 is 0 Å². The van der Waals surface area contributed by atoms with Crippen LogP contribution in [0, 0.1) is 0 Å². The van der Waals surface area contributed by atoms with Crippen LogP contribution in [-0.2, 0) is 11.2 Å². The highest BCUT2D eigenvalue weighted by Gasteiger charge is 2.10. The zero-order chi connectivity index (χ0) is 16.7. The molecule has 0 unspecified atom stereocenters. The molecule has 2 aromatic carbocycles. The number of hydrogen-bond donors (Lipinski definition) is 2. The van der Waals surface area contributed by atoms with Gasteiger partial charge in [-0.2, -0.15) is 8.78 Å². The summed E-state index contributed by atoms with van der Waals surface area (Å²) in [7, 11) is 0. The summed E-state index contributed by atoms with van der Waals surface area (Å²) < 4.78 is 29.1. The first kappa shape index (κ1) is 16.7. The predicted octanol–water partition coefficient (Wildman–Crippen LogP) is 3.90. The Kier molecular flexibility index (Phi) is 5.91. The molecular weight excluding hydrogens is 302 g/mol. The fraction of sp³-hybridized carbons (Fsp3) is 0.235. The third-order valence-corrected chi connectivity index (χ3v) is 3.21. The van der Waals surface area contributed by atoms with Gasteiger partial charge in [-0.05, 0) is 30.2 Å². The number of ether oxygens (including phenoxy) is 1. The lowest BCUT2D eigenvalue weighted by Gasteiger charge is -2.13. The molecule has 2 rings (SSSR count). The molecular formula is C17H18F2N2O2. The molecule has 0 saturated heterocycles. The van der Waals surface area contributed by atoms with Crippen LogP contribution in [0.4, 0.5) is 20.2 Å². The molecule has 0 aliphatic heterocycles. The zero-order valence-corrected chi connectivity index (χ0v) is 12.7. The van der Waals surface area contributed by atoms with Gasteiger partial charge in [-0.25, -0.2) is 0 Å². The maximum Gasteiger partial charge on any atom is 0.387 e. The van der Waals surface area contributed by atoms with E-state index in [0.717, 1.165) is 17.7 Å². The Morgan fingerprint density at radius 1 is 1.09 bits per heavy atom. The number of halogens is 2. The largest absolute Gasteiger partial charge is 0.433 e. The van der Waals surface area contributed by atoms with E-state index in [1.54, 1.807) is 18.2 Å². The standard InChI is InChI=1S/C17H18F2N2O2/c1-2-12-7-3-4-8-13(12)21-16(22)11-20-14-9-5-6-10-15(14)23-17(18)19/h3-10,17,20H,2,11H2,1H3,(H,21,22). The zero-order valence-electron chi connectivity index (χ0n) is 12.7. The van der Waals surface area contributed by atoms with Crippen molar-refractivity contribution in [1.82, 2.24) is 0 Å². The molecule has 0 aromatic heterocycles. The summed E-state index contributed by atoms with van der Waals surface area (Å²) in [5.74, 6) is -0.262. The molecule has 0 atom stereocenters. The van der Waals surface area contributed by atoms with Crippen molar-refractivity contribution in [3.63, 3.8) is 0 Å². The number of alkyl halides is 2. The van der Waals surface area contributed by atoms with Crippen LogP contribution in [0.15, 0.2) is 48.5 Å². The van der Waals surface area contributed by atoms with Crippen LogP contribution in [0.5, 0.6) is 5.75 Å². The number of nitrogens with one attached hydrogen (secondary N) is 2. The average Bonchev–Trinajstić information content (AvgIpc) is 2.54.